The van der Waals surface area contributed by atoms with E-state index in [9.17, 15) is 9.59 Å². The molecule has 1 aromatic heterocycles. The van der Waals surface area contributed by atoms with Crippen molar-refractivity contribution in [3.05, 3.63) is 130 Å². The number of rotatable bonds is 3. The van der Waals surface area contributed by atoms with Gasteiger partial charge in [0.15, 0.2) is 0 Å². The van der Waals surface area contributed by atoms with Gasteiger partial charge in [-0.05, 0) is 48.7 Å². The number of pyridine rings is 1. The second-order valence-corrected chi connectivity index (χ2v) is 9.06. The Kier molecular flexibility index (Phi) is 5.19. The second kappa shape index (κ2) is 8.54. The number of carbonyl (C=O) groups is 1. The van der Waals surface area contributed by atoms with E-state index >= 15 is 0 Å². The zero-order chi connectivity index (χ0) is 24.8. The van der Waals surface area contributed by atoms with E-state index < -0.39 is 0 Å². The molecular formula is C31H24N2O3. The molecule has 0 unspecified atom stereocenters. The Hall–Kier alpha value is -4.64. The Morgan fingerprint density at radius 1 is 0.667 bits per heavy atom. The first-order valence-corrected chi connectivity index (χ1v) is 11.9. The van der Waals surface area contributed by atoms with E-state index in [0.29, 0.717) is 40.2 Å². The number of hydrogen-bond acceptors (Lipinski definition) is 3. The highest BCUT2D eigenvalue weighted by Gasteiger charge is 2.33. The van der Waals surface area contributed by atoms with Crippen LogP contribution in [-0.4, -0.2) is 10.5 Å². The highest BCUT2D eigenvalue weighted by molar-refractivity contribution is 6.14. The van der Waals surface area contributed by atoms with Crippen LogP contribution in [0.15, 0.2) is 102 Å². The smallest absolute Gasteiger partial charge is 0.265 e. The molecular weight excluding hydrogens is 448 g/mol. The van der Waals surface area contributed by atoms with Crippen molar-refractivity contribution in [1.29, 1.82) is 0 Å². The number of para-hydroxylation sites is 2. The minimum atomic E-state index is -0.187. The molecule has 0 saturated carbocycles. The van der Waals surface area contributed by atoms with Crippen LogP contribution in [0, 0.1) is 13.8 Å². The van der Waals surface area contributed by atoms with Gasteiger partial charge in [0.25, 0.3) is 11.5 Å². The van der Waals surface area contributed by atoms with Crippen LogP contribution in [0.2, 0.25) is 0 Å². The predicted octanol–water partition coefficient (Wildman–Crippen LogP) is 6.56. The number of nitrogens with zero attached hydrogens (tertiary/aromatic N) is 2. The summed E-state index contributed by atoms with van der Waals surface area (Å²) in [5.41, 5.74) is 4.47. The number of ether oxygens (including phenoxy) is 1. The van der Waals surface area contributed by atoms with Crippen molar-refractivity contribution >= 4 is 22.4 Å². The zero-order valence-electron chi connectivity index (χ0n) is 20.1. The van der Waals surface area contributed by atoms with Gasteiger partial charge in [0.05, 0.1) is 17.8 Å². The lowest BCUT2D eigenvalue weighted by molar-refractivity contribution is 0.0985. The molecule has 1 aliphatic rings. The number of hydrogen-bond donors (Lipinski definition) is 0. The third-order valence-electron chi connectivity index (χ3n) is 6.71. The van der Waals surface area contributed by atoms with Crippen LogP contribution in [0.4, 0.5) is 5.69 Å². The summed E-state index contributed by atoms with van der Waals surface area (Å²) in [5, 5.41) is 1.20. The monoisotopic (exact) mass is 472 g/mol. The third kappa shape index (κ3) is 3.40. The van der Waals surface area contributed by atoms with Crippen molar-refractivity contribution < 1.29 is 9.53 Å². The normalized spacial score (nSPS) is 12.6. The van der Waals surface area contributed by atoms with E-state index in [2.05, 4.69) is 0 Å². The number of carbonyl (C=O) groups excluding carboxylic acids is 1. The second-order valence-electron chi connectivity index (χ2n) is 9.06. The van der Waals surface area contributed by atoms with Crippen molar-refractivity contribution in [1.82, 2.24) is 4.57 Å². The number of anilines is 1. The zero-order valence-corrected chi connectivity index (χ0v) is 20.1. The minimum absolute atomic E-state index is 0.176. The molecule has 5 aromatic rings. The maximum atomic E-state index is 14.1. The van der Waals surface area contributed by atoms with Gasteiger partial charge in [-0.25, -0.2) is 4.57 Å². The highest BCUT2D eigenvalue weighted by atomic mass is 16.5. The van der Waals surface area contributed by atoms with Crippen molar-refractivity contribution in [3.63, 3.8) is 0 Å². The van der Waals surface area contributed by atoms with Gasteiger partial charge in [-0.2, -0.15) is 0 Å². The number of aromatic nitrogens is 1. The molecule has 2 heterocycles. The Labute approximate surface area is 208 Å². The fourth-order valence-electron chi connectivity index (χ4n) is 5.03. The molecule has 5 nitrogen and oxygen atoms in total. The van der Waals surface area contributed by atoms with Crippen molar-refractivity contribution in [3.8, 4) is 17.3 Å². The van der Waals surface area contributed by atoms with Gasteiger partial charge in [-0.3, -0.25) is 14.5 Å². The molecule has 0 saturated heterocycles. The fraction of sp³-hybridized carbons (Fsp3) is 0.0968. The van der Waals surface area contributed by atoms with E-state index in [1.807, 2.05) is 98.8 Å². The van der Waals surface area contributed by atoms with Gasteiger partial charge in [0.1, 0.15) is 11.4 Å². The molecule has 0 N–H and O–H groups in total. The Morgan fingerprint density at radius 3 is 2.06 bits per heavy atom. The Morgan fingerprint density at radius 2 is 1.31 bits per heavy atom. The molecule has 1 amide bonds. The van der Waals surface area contributed by atoms with E-state index in [1.54, 1.807) is 21.6 Å². The molecule has 176 valence electrons. The summed E-state index contributed by atoms with van der Waals surface area (Å²) in [6.07, 6.45) is 0. The molecule has 0 fully saturated rings. The molecule has 5 heteroatoms. The van der Waals surface area contributed by atoms with Crippen LogP contribution >= 0.6 is 0 Å². The first-order valence-electron chi connectivity index (χ1n) is 11.9. The molecule has 1 aliphatic heterocycles. The highest BCUT2D eigenvalue weighted by Crippen LogP contribution is 2.44. The maximum absolute atomic E-state index is 14.1. The van der Waals surface area contributed by atoms with Crippen molar-refractivity contribution in [2.45, 2.75) is 20.4 Å². The first kappa shape index (κ1) is 21.9. The number of amides is 1. The Balaban J connectivity index is 1.77. The first-order chi connectivity index (χ1) is 17.5. The summed E-state index contributed by atoms with van der Waals surface area (Å²) in [7, 11) is 0. The van der Waals surface area contributed by atoms with E-state index in [1.165, 1.54) is 0 Å². The van der Waals surface area contributed by atoms with E-state index in [-0.39, 0.29) is 11.5 Å². The number of fused-ring (bicyclic) bond motifs is 4. The summed E-state index contributed by atoms with van der Waals surface area (Å²) < 4.78 is 8.16. The lowest BCUT2D eigenvalue weighted by atomic mass is 10.1. The topological polar surface area (TPSA) is 51.5 Å². The minimum Gasteiger partial charge on any atom is -0.437 e. The maximum Gasteiger partial charge on any atom is 0.265 e. The average Bonchev–Trinajstić information content (AvgIpc) is 3.01. The molecule has 36 heavy (non-hydrogen) atoms. The van der Waals surface area contributed by atoms with Gasteiger partial charge >= 0.3 is 0 Å². The average molecular weight is 473 g/mol. The van der Waals surface area contributed by atoms with Gasteiger partial charge in [-0.15, -0.1) is 0 Å². The molecule has 6 rings (SSSR count). The van der Waals surface area contributed by atoms with E-state index in [0.717, 1.165) is 22.4 Å². The molecule has 0 aliphatic carbocycles. The summed E-state index contributed by atoms with van der Waals surface area (Å²) in [6.45, 7) is 4.29. The molecule has 0 bridgehead atoms. The molecule has 0 radical (unpaired) electrons. The number of aryl methyl sites for hydroxylation is 2. The summed E-state index contributed by atoms with van der Waals surface area (Å²) in [5.74, 6) is 0.587. The summed E-state index contributed by atoms with van der Waals surface area (Å²) >= 11 is 0. The van der Waals surface area contributed by atoms with Crippen LogP contribution in [0.5, 0.6) is 11.6 Å². The lowest BCUT2D eigenvalue weighted by Gasteiger charge is -2.26. The standard InChI is InChI=1S/C31H24N2O3/c1-20-11-10-12-21(2)27(20)33-30(35)24-16-7-6-15-23(24)28-31(33)36-26-18-9-8-17-25(26)29(34)32(28)19-22-13-4-3-5-14-22/h3-18H,19H2,1-2H3. The summed E-state index contributed by atoms with van der Waals surface area (Å²) in [4.78, 5) is 29.9. The van der Waals surface area contributed by atoms with Crippen LogP contribution < -0.4 is 15.2 Å². The molecule has 0 atom stereocenters. The number of benzene rings is 4. The van der Waals surface area contributed by atoms with Crippen LogP contribution in [0.1, 0.15) is 27.0 Å². The SMILES string of the molecule is Cc1cccc(C)c1-n1c2c(c3ccccc3c1=O)N(Cc1ccccc1)C(=O)c1ccccc1O2. The predicted molar refractivity (Wildman–Crippen MR) is 142 cm³/mol. The van der Waals surface area contributed by atoms with Crippen LogP contribution in [0.25, 0.3) is 16.5 Å². The van der Waals surface area contributed by atoms with Crippen molar-refractivity contribution in [2.24, 2.45) is 0 Å². The quantitative estimate of drug-likeness (QED) is 0.299. The van der Waals surface area contributed by atoms with Crippen molar-refractivity contribution in [2.75, 3.05) is 4.90 Å². The molecule has 0 spiro atoms. The van der Waals surface area contributed by atoms with E-state index in [4.69, 9.17) is 4.74 Å². The Bertz CT molecular complexity index is 1680. The van der Waals surface area contributed by atoms with Crippen LogP contribution in [-0.2, 0) is 6.54 Å². The van der Waals surface area contributed by atoms with Crippen LogP contribution in [0.3, 0.4) is 0 Å². The summed E-state index contributed by atoms with van der Waals surface area (Å²) in [6, 6.07) is 30.4. The van der Waals surface area contributed by atoms with Gasteiger partial charge in [0, 0.05) is 10.8 Å². The van der Waals surface area contributed by atoms with Gasteiger partial charge < -0.3 is 4.74 Å². The molecule has 4 aromatic carbocycles. The lowest BCUT2D eigenvalue weighted by Crippen LogP contribution is -2.32. The largest absolute Gasteiger partial charge is 0.437 e. The third-order valence-corrected chi connectivity index (χ3v) is 6.71. The van der Waals surface area contributed by atoms with Gasteiger partial charge in [0.2, 0.25) is 5.88 Å². The fourth-order valence-corrected chi connectivity index (χ4v) is 5.03. The van der Waals surface area contributed by atoms with Gasteiger partial charge in [-0.1, -0.05) is 78.9 Å².